The molecular formula is C9H13BrS. The van der Waals surface area contributed by atoms with E-state index in [-0.39, 0.29) is 0 Å². The van der Waals surface area contributed by atoms with E-state index in [1.54, 1.807) is 0 Å². The SMILES string of the molecule is C=C(Br)/C=C\C(=C)CCSC. The molecule has 0 aromatic heterocycles. The van der Waals surface area contributed by atoms with E-state index >= 15 is 0 Å². The molecule has 0 nitrogen and oxygen atoms in total. The Morgan fingerprint density at radius 3 is 2.55 bits per heavy atom. The molecule has 11 heavy (non-hydrogen) atoms. The van der Waals surface area contributed by atoms with Gasteiger partial charge in [-0.2, -0.15) is 11.8 Å². The molecule has 0 unspecified atom stereocenters. The van der Waals surface area contributed by atoms with E-state index in [0.29, 0.717) is 0 Å². The Kier molecular flexibility index (Phi) is 6.77. The summed E-state index contributed by atoms with van der Waals surface area (Å²) in [7, 11) is 0. The third-order valence-corrected chi connectivity index (χ3v) is 2.00. The van der Waals surface area contributed by atoms with E-state index in [4.69, 9.17) is 0 Å². The molecular weight excluding hydrogens is 220 g/mol. The second-order valence-corrected chi connectivity index (χ2v) is 4.19. The highest BCUT2D eigenvalue weighted by Crippen LogP contribution is 2.09. The van der Waals surface area contributed by atoms with E-state index in [1.165, 1.54) is 0 Å². The van der Waals surface area contributed by atoms with Gasteiger partial charge in [-0.15, -0.1) is 0 Å². The van der Waals surface area contributed by atoms with Gasteiger partial charge in [-0.1, -0.05) is 40.7 Å². The zero-order valence-electron chi connectivity index (χ0n) is 6.77. The largest absolute Gasteiger partial charge is 0.165 e. The monoisotopic (exact) mass is 232 g/mol. The van der Waals surface area contributed by atoms with E-state index in [9.17, 15) is 0 Å². The van der Waals surface area contributed by atoms with Crippen molar-refractivity contribution in [2.24, 2.45) is 0 Å². The average Bonchev–Trinajstić information content (AvgIpc) is 1.97. The molecule has 2 heteroatoms. The van der Waals surface area contributed by atoms with Gasteiger partial charge >= 0.3 is 0 Å². The first-order valence-corrected chi connectivity index (χ1v) is 5.54. The van der Waals surface area contributed by atoms with Crippen LogP contribution in [0.15, 0.2) is 35.4 Å². The molecule has 0 amide bonds. The zero-order chi connectivity index (χ0) is 8.69. The number of hydrogen-bond acceptors (Lipinski definition) is 1. The first-order valence-electron chi connectivity index (χ1n) is 3.36. The van der Waals surface area contributed by atoms with Crippen molar-refractivity contribution in [1.29, 1.82) is 0 Å². The van der Waals surface area contributed by atoms with Crippen molar-refractivity contribution in [2.45, 2.75) is 6.42 Å². The Labute approximate surface area is 81.6 Å². The van der Waals surface area contributed by atoms with Crippen LogP contribution in [0.5, 0.6) is 0 Å². The van der Waals surface area contributed by atoms with Crippen molar-refractivity contribution in [1.82, 2.24) is 0 Å². The standard InChI is InChI=1S/C9H13BrS/c1-8(6-7-11-3)4-5-9(2)10/h4-5H,1-2,6-7H2,3H3/b5-4-. The minimum absolute atomic E-state index is 0.891. The van der Waals surface area contributed by atoms with Gasteiger partial charge in [0.25, 0.3) is 0 Å². The molecule has 0 aliphatic carbocycles. The molecule has 0 saturated heterocycles. The average molecular weight is 233 g/mol. The van der Waals surface area contributed by atoms with Gasteiger partial charge in [0, 0.05) is 4.48 Å². The van der Waals surface area contributed by atoms with Crippen molar-refractivity contribution in [3.63, 3.8) is 0 Å². The third-order valence-electron chi connectivity index (χ3n) is 1.13. The highest BCUT2D eigenvalue weighted by Gasteiger charge is 1.87. The van der Waals surface area contributed by atoms with Crippen molar-refractivity contribution < 1.29 is 0 Å². The molecule has 0 fully saturated rings. The molecule has 62 valence electrons. The summed E-state index contributed by atoms with van der Waals surface area (Å²) < 4.78 is 0.891. The molecule has 0 atom stereocenters. The summed E-state index contributed by atoms with van der Waals surface area (Å²) in [5.41, 5.74) is 1.15. The van der Waals surface area contributed by atoms with Gasteiger partial charge in [-0.05, 0) is 24.5 Å². The lowest BCUT2D eigenvalue weighted by molar-refractivity contribution is 1.18. The molecule has 0 rings (SSSR count). The fourth-order valence-electron chi connectivity index (χ4n) is 0.525. The van der Waals surface area contributed by atoms with Crippen molar-refractivity contribution >= 4 is 27.7 Å². The maximum atomic E-state index is 3.90. The van der Waals surface area contributed by atoms with Crippen LogP contribution in [0.4, 0.5) is 0 Å². The summed E-state index contributed by atoms with van der Waals surface area (Å²) in [5, 5.41) is 0. The first kappa shape index (κ1) is 11.1. The summed E-state index contributed by atoms with van der Waals surface area (Å²) >= 11 is 5.08. The van der Waals surface area contributed by atoms with Crippen LogP contribution in [0.25, 0.3) is 0 Å². The van der Waals surface area contributed by atoms with Gasteiger partial charge in [0.1, 0.15) is 0 Å². The van der Waals surface area contributed by atoms with E-state index in [2.05, 4.69) is 35.3 Å². The Bertz CT molecular complexity index is 170. The van der Waals surface area contributed by atoms with Crippen LogP contribution in [-0.4, -0.2) is 12.0 Å². The number of allylic oxidation sites excluding steroid dienone is 4. The molecule has 0 heterocycles. The van der Waals surface area contributed by atoms with Gasteiger partial charge in [0.05, 0.1) is 0 Å². The van der Waals surface area contributed by atoms with Gasteiger partial charge in [0.15, 0.2) is 0 Å². The molecule has 0 saturated carbocycles. The van der Waals surface area contributed by atoms with Crippen LogP contribution in [0.1, 0.15) is 6.42 Å². The predicted molar refractivity (Wildman–Crippen MR) is 59.3 cm³/mol. The zero-order valence-corrected chi connectivity index (χ0v) is 9.17. The first-order chi connectivity index (χ1) is 5.16. The fourth-order valence-corrected chi connectivity index (χ4v) is 1.12. The highest BCUT2D eigenvalue weighted by molar-refractivity contribution is 9.11. The molecule has 0 aliphatic heterocycles. The summed E-state index contributed by atoms with van der Waals surface area (Å²) in [6.07, 6.45) is 7.06. The number of hydrogen-bond donors (Lipinski definition) is 0. The van der Waals surface area contributed by atoms with E-state index < -0.39 is 0 Å². The molecule has 0 aromatic carbocycles. The summed E-state index contributed by atoms with van der Waals surface area (Å²) in [4.78, 5) is 0. The quantitative estimate of drug-likeness (QED) is 0.651. The van der Waals surface area contributed by atoms with Crippen molar-refractivity contribution in [3.05, 3.63) is 35.4 Å². The Hall–Kier alpha value is 0.0500. The minimum Gasteiger partial charge on any atom is -0.165 e. The summed E-state index contributed by atoms with van der Waals surface area (Å²) in [6, 6.07) is 0. The third kappa shape index (κ3) is 7.95. The molecule has 0 aliphatic rings. The van der Waals surface area contributed by atoms with Gasteiger partial charge in [-0.25, -0.2) is 0 Å². The van der Waals surface area contributed by atoms with Crippen LogP contribution >= 0.6 is 27.7 Å². The maximum absolute atomic E-state index is 3.90. The second-order valence-electron chi connectivity index (χ2n) is 2.18. The van der Waals surface area contributed by atoms with Crippen molar-refractivity contribution in [3.8, 4) is 0 Å². The lowest BCUT2D eigenvalue weighted by Crippen LogP contribution is -1.79. The van der Waals surface area contributed by atoms with Gasteiger partial charge in [-0.3, -0.25) is 0 Å². The fraction of sp³-hybridized carbons (Fsp3) is 0.333. The number of rotatable bonds is 5. The topological polar surface area (TPSA) is 0 Å². The van der Waals surface area contributed by atoms with E-state index in [0.717, 1.165) is 22.2 Å². The smallest absolute Gasteiger partial charge is 0.0103 e. The summed E-state index contributed by atoms with van der Waals surface area (Å²) in [6.45, 7) is 7.59. The molecule has 0 spiro atoms. The van der Waals surface area contributed by atoms with E-state index in [1.807, 2.05) is 23.9 Å². The molecule has 0 radical (unpaired) electrons. The Morgan fingerprint density at radius 2 is 2.09 bits per heavy atom. The minimum atomic E-state index is 0.891. The lowest BCUT2D eigenvalue weighted by Gasteiger charge is -1.95. The van der Waals surface area contributed by atoms with Crippen LogP contribution in [0, 0.1) is 0 Å². The van der Waals surface area contributed by atoms with Crippen LogP contribution in [0.2, 0.25) is 0 Å². The van der Waals surface area contributed by atoms with Gasteiger partial charge < -0.3 is 0 Å². The second kappa shape index (κ2) is 6.74. The predicted octanol–water partition coefficient (Wildman–Crippen LogP) is 3.76. The maximum Gasteiger partial charge on any atom is 0.0103 e. The number of halogens is 1. The van der Waals surface area contributed by atoms with Gasteiger partial charge in [0.2, 0.25) is 0 Å². The Balaban J connectivity index is 3.60. The Morgan fingerprint density at radius 1 is 1.45 bits per heavy atom. The molecule has 0 bridgehead atoms. The molecule has 0 N–H and O–H groups in total. The highest BCUT2D eigenvalue weighted by atomic mass is 79.9. The normalized spacial score (nSPS) is 10.4. The van der Waals surface area contributed by atoms with Crippen molar-refractivity contribution in [2.75, 3.05) is 12.0 Å². The molecule has 0 aromatic rings. The van der Waals surface area contributed by atoms with Crippen LogP contribution in [-0.2, 0) is 0 Å². The number of thioether (sulfide) groups is 1. The van der Waals surface area contributed by atoms with Crippen LogP contribution < -0.4 is 0 Å². The van der Waals surface area contributed by atoms with Crippen LogP contribution in [0.3, 0.4) is 0 Å². The lowest BCUT2D eigenvalue weighted by atomic mass is 10.2. The summed E-state index contributed by atoms with van der Waals surface area (Å²) in [5.74, 6) is 1.14.